The quantitative estimate of drug-likeness (QED) is 0.394. The molecule has 0 spiro atoms. The summed E-state index contributed by atoms with van der Waals surface area (Å²) in [5.41, 5.74) is 3.76. The highest BCUT2D eigenvalue weighted by Gasteiger charge is 2.12. The van der Waals surface area contributed by atoms with Gasteiger partial charge in [-0.2, -0.15) is 0 Å². The summed E-state index contributed by atoms with van der Waals surface area (Å²) in [5.74, 6) is 0.394. The number of carbonyl (C=O) groups excluding carboxylic acids is 1. The number of para-hydroxylation sites is 1. The molecule has 0 aliphatic rings. The maximum absolute atomic E-state index is 12.1. The van der Waals surface area contributed by atoms with Crippen LogP contribution in [0.15, 0.2) is 69.1 Å². The number of carbonyl (C=O) groups is 1. The number of hydrogen-bond acceptors (Lipinski definition) is 7. The molecule has 0 saturated carbocycles. The summed E-state index contributed by atoms with van der Waals surface area (Å²) in [4.78, 5) is 20.8. The van der Waals surface area contributed by atoms with Crippen LogP contribution in [-0.4, -0.2) is 15.9 Å². The molecular formula is C21H14N2O4S. The monoisotopic (exact) mass is 390 g/mol. The highest BCUT2D eigenvalue weighted by molar-refractivity contribution is 7.13. The third kappa shape index (κ3) is 3.27. The molecule has 0 aliphatic carbocycles. The van der Waals surface area contributed by atoms with Gasteiger partial charge in [-0.05, 0) is 29.8 Å². The van der Waals surface area contributed by atoms with Gasteiger partial charge in [0.1, 0.15) is 17.7 Å². The number of fused-ring (bicyclic) bond motifs is 2. The predicted octanol–water partition coefficient (Wildman–Crippen LogP) is 4.98. The zero-order chi connectivity index (χ0) is 18.9. The lowest BCUT2D eigenvalue weighted by atomic mass is 10.1. The van der Waals surface area contributed by atoms with Gasteiger partial charge in [-0.15, -0.1) is 11.3 Å². The molecule has 0 bridgehead atoms. The molecule has 138 valence electrons. The minimum absolute atomic E-state index is 0.127. The molecule has 0 atom stereocenters. The van der Waals surface area contributed by atoms with E-state index in [0.29, 0.717) is 17.0 Å². The van der Waals surface area contributed by atoms with E-state index in [4.69, 9.17) is 13.6 Å². The Kier molecular flexibility index (Phi) is 4.14. The summed E-state index contributed by atoms with van der Waals surface area (Å²) >= 11 is 1.46. The highest BCUT2D eigenvalue weighted by atomic mass is 32.1. The van der Waals surface area contributed by atoms with E-state index < -0.39 is 0 Å². The Morgan fingerprint density at radius 3 is 2.96 bits per heavy atom. The first-order chi connectivity index (χ1) is 13.7. The van der Waals surface area contributed by atoms with Crippen molar-refractivity contribution < 1.29 is 18.4 Å². The number of benzene rings is 2. The van der Waals surface area contributed by atoms with Gasteiger partial charge in [0, 0.05) is 10.8 Å². The average Bonchev–Trinajstić information content (AvgIpc) is 3.44. The van der Waals surface area contributed by atoms with Gasteiger partial charge in [-0.25, -0.2) is 9.97 Å². The van der Waals surface area contributed by atoms with Crippen LogP contribution in [-0.2, 0) is 22.6 Å². The van der Waals surface area contributed by atoms with Gasteiger partial charge >= 0.3 is 5.97 Å². The first-order valence-electron chi connectivity index (χ1n) is 8.66. The standard InChI is InChI=1S/C21H14N2O4S/c24-20(8-13-5-6-18-16(7-13)22-12-26-18)25-10-15-11-28-21(23-15)19-9-14-3-1-2-4-17(14)27-19/h1-7,9,11-12H,8,10H2. The molecule has 28 heavy (non-hydrogen) atoms. The zero-order valence-corrected chi connectivity index (χ0v) is 15.4. The van der Waals surface area contributed by atoms with Gasteiger partial charge < -0.3 is 13.6 Å². The lowest BCUT2D eigenvalue weighted by Crippen LogP contribution is -2.08. The van der Waals surface area contributed by atoms with Crippen molar-refractivity contribution in [1.29, 1.82) is 0 Å². The van der Waals surface area contributed by atoms with Crippen LogP contribution in [0, 0.1) is 0 Å². The fourth-order valence-corrected chi connectivity index (χ4v) is 3.71. The molecule has 0 unspecified atom stereocenters. The van der Waals surface area contributed by atoms with E-state index in [1.807, 2.05) is 47.8 Å². The van der Waals surface area contributed by atoms with Gasteiger partial charge in [-0.1, -0.05) is 24.3 Å². The summed E-state index contributed by atoms with van der Waals surface area (Å²) < 4.78 is 16.4. The molecule has 3 aromatic heterocycles. The van der Waals surface area contributed by atoms with Crippen LogP contribution < -0.4 is 0 Å². The van der Waals surface area contributed by atoms with E-state index in [9.17, 15) is 4.79 Å². The second kappa shape index (κ2) is 6.94. The molecule has 3 heterocycles. The molecule has 7 heteroatoms. The summed E-state index contributed by atoms with van der Waals surface area (Å²) in [6.45, 7) is 0.127. The van der Waals surface area contributed by atoms with E-state index in [2.05, 4.69) is 9.97 Å². The number of nitrogens with zero attached hydrogens (tertiary/aromatic N) is 2. The first-order valence-corrected chi connectivity index (χ1v) is 9.54. The van der Waals surface area contributed by atoms with Crippen LogP contribution in [0.1, 0.15) is 11.3 Å². The van der Waals surface area contributed by atoms with E-state index >= 15 is 0 Å². The molecule has 0 amide bonds. The molecule has 2 aromatic carbocycles. The second-order valence-electron chi connectivity index (χ2n) is 6.28. The molecule has 0 N–H and O–H groups in total. The fourth-order valence-electron chi connectivity index (χ4n) is 2.96. The summed E-state index contributed by atoms with van der Waals surface area (Å²) in [6, 6.07) is 15.2. The molecule has 5 aromatic rings. The van der Waals surface area contributed by atoms with Crippen LogP contribution in [0.3, 0.4) is 0 Å². The Hall–Kier alpha value is -3.45. The summed E-state index contributed by atoms with van der Waals surface area (Å²) in [6.07, 6.45) is 1.55. The predicted molar refractivity (Wildman–Crippen MR) is 105 cm³/mol. The molecule has 0 saturated heterocycles. The van der Waals surface area contributed by atoms with Crippen molar-refractivity contribution in [3.05, 3.63) is 71.6 Å². The van der Waals surface area contributed by atoms with Gasteiger partial charge in [0.25, 0.3) is 0 Å². The van der Waals surface area contributed by atoms with E-state index in [-0.39, 0.29) is 19.0 Å². The van der Waals surface area contributed by atoms with Gasteiger partial charge in [-0.3, -0.25) is 4.79 Å². The minimum Gasteiger partial charge on any atom is -0.459 e. The average molecular weight is 390 g/mol. The number of esters is 1. The van der Waals surface area contributed by atoms with E-state index in [1.165, 1.54) is 17.7 Å². The SMILES string of the molecule is O=C(Cc1ccc2ocnc2c1)OCc1csc(-c2cc3ccccc3o2)n1. The van der Waals surface area contributed by atoms with Crippen molar-refractivity contribution in [3.63, 3.8) is 0 Å². The van der Waals surface area contributed by atoms with Crippen molar-refractivity contribution in [2.24, 2.45) is 0 Å². The lowest BCUT2D eigenvalue weighted by Gasteiger charge is -2.03. The van der Waals surface area contributed by atoms with Crippen LogP contribution in [0.4, 0.5) is 0 Å². The number of aromatic nitrogens is 2. The largest absolute Gasteiger partial charge is 0.459 e. The van der Waals surface area contributed by atoms with Crippen molar-refractivity contribution >= 4 is 39.4 Å². The van der Waals surface area contributed by atoms with Crippen molar-refractivity contribution in [2.75, 3.05) is 0 Å². The van der Waals surface area contributed by atoms with Crippen LogP contribution in [0.2, 0.25) is 0 Å². The van der Waals surface area contributed by atoms with Crippen molar-refractivity contribution in [3.8, 4) is 10.8 Å². The minimum atomic E-state index is -0.318. The molecule has 0 aliphatic heterocycles. The van der Waals surface area contributed by atoms with E-state index in [1.54, 1.807) is 6.07 Å². The number of ether oxygens (including phenoxy) is 1. The van der Waals surface area contributed by atoms with Crippen molar-refractivity contribution in [1.82, 2.24) is 9.97 Å². The number of oxazole rings is 1. The molecule has 0 fully saturated rings. The Morgan fingerprint density at radius 1 is 1.11 bits per heavy atom. The molecule has 5 rings (SSSR count). The van der Waals surface area contributed by atoms with Crippen LogP contribution in [0.25, 0.3) is 32.8 Å². The summed E-state index contributed by atoms with van der Waals surface area (Å²) in [7, 11) is 0. The van der Waals surface area contributed by atoms with Gasteiger partial charge in [0.2, 0.25) is 0 Å². The third-order valence-electron chi connectivity index (χ3n) is 4.31. The molecule has 6 nitrogen and oxygen atoms in total. The number of thiazole rings is 1. The lowest BCUT2D eigenvalue weighted by molar-refractivity contribution is -0.144. The Labute approximate surface area is 163 Å². The van der Waals surface area contributed by atoms with Gasteiger partial charge in [0.05, 0.1) is 12.1 Å². The first kappa shape index (κ1) is 16.7. The van der Waals surface area contributed by atoms with Gasteiger partial charge in [0.15, 0.2) is 22.7 Å². The Morgan fingerprint density at radius 2 is 2.04 bits per heavy atom. The highest BCUT2D eigenvalue weighted by Crippen LogP contribution is 2.30. The number of furan rings is 1. The van der Waals surface area contributed by atoms with Crippen LogP contribution >= 0.6 is 11.3 Å². The molecule has 0 radical (unpaired) electrons. The van der Waals surface area contributed by atoms with Crippen LogP contribution in [0.5, 0.6) is 0 Å². The normalized spacial score (nSPS) is 11.3. The van der Waals surface area contributed by atoms with Crippen molar-refractivity contribution in [2.45, 2.75) is 13.0 Å². The number of hydrogen-bond donors (Lipinski definition) is 0. The maximum atomic E-state index is 12.1. The Bertz CT molecular complexity index is 1250. The fraction of sp³-hybridized carbons (Fsp3) is 0.0952. The summed E-state index contributed by atoms with van der Waals surface area (Å²) in [5, 5.41) is 3.67. The zero-order valence-electron chi connectivity index (χ0n) is 14.6. The Balaban J connectivity index is 1.23. The topological polar surface area (TPSA) is 78.4 Å². The third-order valence-corrected chi connectivity index (χ3v) is 5.22. The number of rotatable bonds is 5. The second-order valence-corrected chi connectivity index (χ2v) is 7.14. The van der Waals surface area contributed by atoms with E-state index in [0.717, 1.165) is 27.1 Å². The smallest absolute Gasteiger partial charge is 0.310 e. The molecular weight excluding hydrogens is 376 g/mol. The maximum Gasteiger partial charge on any atom is 0.310 e.